The zero-order chi connectivity index (χ0) is 14.4. The molecule has 0 saturated carbocycles. The number of carbonyl (C=O) groups is 2. The van der Waals surface area contributed by atoms with Gasteiger partial charge in [0, 0.05) is 12.8 Å². The second kappa shape index (κ2) is 6.92. The number of hydrogen-bond acceptors (Lipinski definition) is 3. The summed E-state index contributed by atoms with van der Waals surface area (Å²) in [5, 5.41) is 2.75. The van der Waals surface area contributed by atoms with Gasteiger partial charge in [0.25, 0.3) is 0 Å². The van der Waals surface area contributed by atoms with Crippen molar-refractivity contribution in [3.8, 4) is 5.75 Å². The molecule has 1 amide bonds. The molecule has 0 aliphatic heterocycles. The average molecular weight is 263 g/mol. The predicted octanol–water partition coefficient (Wildman–Crippen LogP) is 2.81. The minimum atomic E-state index is -0.141. The summed E-state index contributed by atoms with van der Waals surface area (Å²) in [6, 6.07) is 5.62. The van der Waals surface area contributed by atoms with Crippen molar-refractivity contribution in [3.63, 3.8) is 0 Å². The summed E-state index contributed by atoms with van der Waals surface area (Å²) < 4.78 is 5.46. The zero-order valence-corrected chi connectivity index (χ0v) is 11.9. The van der Waals surface area contributed by atoms with E-state index in [1.54, 1.807) is 6.92 Å². The van der Waals surface area contributed by atoms with Crippen molar-refractivity contribution in [2.75, 3.05) is 11.9 Å². The Morgan fingerprint density at radius 1 is 1.32 bits per heavy atom. The second-order valence-electron chi connectivity index (χ2n) is 4.66. The van der Waals surface area contributed by atoms with Gasteiger partial charge in [-0.05, 0) is 38.0 Å². The van der Waals surface area contributed by atoms with Crippen LogP contribution in [0.5, 0.6) is 5.75 Å². The number of amides is 1. The smallest absolute Gasteiger partial charge is 0.221 e. The van der Waals surface area contributed by atoms with Gasteiger partial charge in [0.1, 0.15) is 11.5 Å². The molecule has 0 radical (unpaired) electrons. The third kappa shape index (κ3) is 4.73. The molecule has 0 aliphatic rings. The van der Waals surface area contributed by atoms with E-state index in [2.05, 4.69) is 5.32 Å². The van der Waals surface area contributed by atoms with Gasteiger partial charge in [-0.25, -0.2) is 0 Å². The lowest BCUT2D eigenvalue weighted by Gasteiger charge is -2.14. The molecule has 4 heteroatoms. The molecule has 0 saturated heterocycles. The summed E-state index contributed by atoms with van der Waals surface area (Å²) in [4.78, 5) is 22.5. The van der Waals surface area contributed by atoms with E-state index in [-0.39, 0.29) is 17.6 Å². The summed E-state index contributed by atoms with van der Waals surface area (Å²) in [5.41, 5.74) is 1.66. The molecule has 1 aromatic rings. The van der Waals surface area contributed by atoms with Gasteiger partial charge in [-0.1, -0.05) is 13.0 Å². The molecule has 1 N–H and O–H groups in total. The van der Waals surface area contributed by atoms with Crippen LogP contribution in [0.1, 0.15) is 33.3 Å². The van der Waals surface area contributed by atoms with Gasteiger partial charge in [-0.2, -0.15) is 0 Å². The van der Waals surface area contributed by atoms with Gasteiger partial charge >= 0.3 is 0 Å². The highest BCUT2D eigenvalue weighted by Crippen LogP contribution is 2.27. The Labute approximate surface area is 114 Å². The van der Waals surface area contributed by atoms with Gasteiger partial charge in [0.2, 0.25) is 5.91 Å². The van der Waals surface area contributed by atoms with E-state index in [9.17, 15) is 9.59 Å². The van der Waals surface area contributed by atoms with E-state index >= 15 is 0 Å². The fourth-order valence-electron chi connectivity index (χ4n) is 1.77. The van der Waals surface area contributed by atoms with Crippen molar-refractivity contribution in [2.24, 2.45) is 5.92 Å². The molecule has 0 heterocycles. The van der Waals surface area contributed by atoms with Crippen LogP contribution in [0, 0.1) is 5.92 Å². The lowest BCUT2D eigenvalue weighted by molar-refractivity contribution is -0.120. The molecule has 1 unspecified atom stereocenters. The second-order valence-corrected chi connectivity index (χ2v) is 4.66. The van der Waals surface area contributed by atoms with Gasteiger partial charge in [-0.15, -0.1) is 0 Å². The molecule has 0 fully saturated rings. The van der Waals surface area contributed by atoms with Crippen LogP contribution >= 0.6 is 0 Å². The van der Waals surface area contributed by atoms with Crippen molar-refractivity contribution in [3.05, 3.63) is 23.8 Å². The number of Topliss-reactive ketones (excluding diaryl/α,β-unsaturated/α-hetero) is 1. The maximum Gasteiger partial charge on any atom is 0.221 e. The number of carbonyl (C=O) groups excluding carboxylic acids is 2. The Kier molecular flexibility index (Phi) is 5.55. The van der Waals surface area contributed by atoms with Gasteiger partial charge in [0.15, 0.2) is 0 Å². The molecule has 0 aliphatic carbocycles. The highest BCUT2D eigenvalue weighted by Gasteiger charge is 2.11. The number of ether oxygens (including phenoxy) is 1. The molecular weight excluding hydrogens is 242 g/mol. The molecular formula is C15H21NO3. The molecule has 1 aromatic carbocycles. The summed E-state index contributed by atoms with van der Waals surface area (Å²) >= 11 is 0. The van der Waals surface area contributed by atoms with E-state index in [4.69, 9.17) is 4.74 Å². The number of nitrogens with one attached hydrogen (secondary N) is 1. The number of ketones is 1. The van der Waals surface area contributed by atoms with Gasteiger partial charge in [-0.3, -0.25) is 9.59 Å². The number of rotatable bonds is 6. The Balaban J connectivity index is 2.96. The predicted molar refractivity (Wildman–Crippen MR) is 75.5 cm³/mol. The van der Waals surface area contributed by atoms with Gasteiger partial charge < -0.3 is 10.1 Å². The molecule has 4 nitrogen and oxygen atoms in total. The topological polar surface area (TPSA) is 55.4 Å². The molecule has 1 rings (SSSR count). The maximum absolute atomic E-state index is 11.3. The van der Waals surface area contributed by atoms with Crippen LogP contribution in [0.3, 0.4) is 0 Å². The molecule has 0 bridgehead atoms. The van der Waals surface area contributed by atoms with Crippen LogP contribution in [0.4, 0.5) is 5.69 Å². The average Bonchev–Trinajstić information content (AvgIpc) is 2.31. The lowest BCUT2D eigenvalue weighted by Crippen LogP contribution is -2.11. The maximum atomic E-state index is 11.3. The van der Waals surface area contributed by atoms with E-state index < -0.39 is 0 Å². The minimum Gasteiger partial charge on any atom is -0.492 e. The first-order valence-electron chi connectivity index (χ1n) is 6.47. The SMILES string of the molecule is CCOc1ccc(CC(C)C(C)=O)cc1NC(C)=O. The summed E-state index contributed by atoms with van der Waals surface area (Å²) in [7, 11) is 0. The van der Waals surface area contributed by atoms with Crippen molar-refractivity contribution < 1.29 is 14.3 Å². The summed E-state index contributed by atoms with van der Waals surface area (Å²) in [5.74, 6) is 0.646. The quantitative estimate of drug-likeness (QED) is 0.858. The largest absolute Gasteiger partial charge is 0.492 e. The molecule has 0 spiro atoms. The first kappa shape index (κ1) is 15.2. The Bertz CT molecular complexity index is 468. The van der Waals surface area contributed by atoms with Crippen molar-refractivity contribution in [1.82, 2.24) is 0 Å². The molecule has 104 valence electrons. The highest BCUT2D eigenvalue weighted by molar-refractivity contribution is 5.90. The summed E-state index contributed by atoms with van der Waals surface area (Å²) in [6.07, 6.45) is 0.661. The van der Waals surface area contributed by atoms with Crippen molar-refractivity contribution in [1.29, 1.82) is 0 Å². The van der Waals surface area contributed by atoms with Gasteiger partial charge in [0.05, 0.1) is 12.3 Å². The zero-order valence-electron chi connectivity index (χ0n) is 11.9. The fourth-order valence-corrected chi connectivity index (χ4v) is 1.77. The Morgan fingerprint density at radius 2 is 2.00 bits per heavy atom. The number of benzene rings is 1. The fraction of sp³-hybridized carbons (Fsp3) is 0.467. The Hall–Kier alpha value is -1.84. The van der Waals surface area contributed by atoms with Crippen molar-refractivity contribution in [2.45, 2.75) is 34.1 Å². The van der Waals surface area contributed by atoms with E-state index in [0.717, 1.165) is 5.56 Å². The third-order valence-electron chi connectivity index (χ3n) is 2.89. The van der Waals surface area contributed by atoms with Crippen LogP contribution in [-0.2, 0) is 16.0 Å². The molecule has 19 heavy (non-hydrogen) atoms. The molecule has 0 aromatic heterocycles. The van der Waals surface area contributed by atoms with Crippen molar-refractivity contribution >= 4 is 17.4 Å². The first-order valence-corrected chi connectivity index (χ1v) is 6.47. The summed E-state index contributed by atoms with van der Waals surface area (Å²) in [6.45, 7) is 7.38. The van der Waals surface area contributed by atoms with Crippen LogP contribution in [0.2, 0.25) is 0 Å². The standard InChI is InChI=1S/C15H21NO3/c1-5-19-15-7-6-13(8-10(2)11(3)17)9-14(15)16-12(4)18/h6-7,9-10H,5,8H2,1-4H3,(H,16,18). The number of hydrogen-bond donors (Lipinski definition) is 1. The van der Waals surface area contributed by atoms with E-state index in [0.29, 0.717) is 24.5 Å². The van der Waals surface area contributed by atoms with E-state index in [1.165, 1.54) is 6.92 Å². The van der Waals surface area contributed by atoms with Crippen LogP contribution < -0.4 is 10.1 Å². The van der Waals surface area contributed by atoms with Crippen LogP contribution in [0.25, 0.3) is 0 Å². The normalized spacial score (nSPS) is 11.8. The lowest BCUT2D eigenvalue weighted by atomic mass is 9.97. The number of anilines is 1. The minimum absolute atomic E-state index is 0.0249. The third-order valence-corrected chi connectivity index (χ3v) is 2.89. The Morgan fingerprint density at radius 3 is 2.53 bits per heavy atom. The molecule has 1 atom stereocenters. The van der Waals surface area contributed by atoms with Crippen LogP contribution in [-0.4, -0.2) is 18.3 Å². The highest BCUT2D eigenvalue weighted by atomic mass is 16.5. The first-order chi connectivity index (χ1) is 8.93. The van der Waals surface area contributed by atoms with Crippen LogP contribution in [0.15, 0.2) is 18.2 Å². The monoisotopic (exact) mass is 263 g/mol. The van der Waals surface area contributed by atoms with E-state index in [1.807, 2.05) is 32.0 Å².